The summed E-state index contributed by atoms with van der Waals surface area (Å²) >= 11 is 3.41. The first-order valence-corrected chi connectivity index (χ1v) is 8.35. The van der Waals surface area contributed by atoms with E-state index in [0.717, 1.165) is 15.7 Å². The van der Waals surface area contributed by atoms with Crippen molar-refractivity contribution in [3.8, 4) is 0 Å². The topological polar surface area (TPSA) is 72.2 Å². The monoisotopic (exact) mass is 354 g/mol. The number of nitrogens with two attached hydrogens (primary N) is 1. The van der Waals surface area contributed by atoms with E-state index in [1.54, 1.807) is 12.1 Å². The van der Waals surface area contributed by atoms with Gasteiger partial charge in [-0.05, 0) is 42.8 Å². The quantitative estimate of drug-likeness (QED) is 0.884. The van der Waals surface area contributed by atoms with Crippen LogP contribution in [0, 0.1) is 0 Å². The molecule has 0 saturated carbocycles. The molecule has 3 N–H and O–H groups in total. The van der Waals surface area contributed by atoms with Gasteiger partial charge in [-0.1, -0.05) is 34.1 Å². The summed E-state index contributed by atoms with van der Waals surface area (Å²) in [5.41, 5.74) is 1.81. The first-order chi connectivity index (χ1) is 9.36. The third-order valence-corrected chi connectivity index (χ3v) is 4.30. The normalized spacial score (nSPS) is 12.9. The Morgan fingerprint density at radius 1 is 1.15 bits per heavy atom. The lowest BCUT2D eigenvalue weighted by molar-refractivity contribution is 0.597. The van der Waals surface area contributed by atoms with Crippen molar-refractivity contribution in [2.24, 2.45) is 5.14 Å². The van der Waals surface area contributed by atoms with E-state index in [0.29, 0.717) is 0 Å². The molecule has 4 nitrogen and oxygen atoms in total. The van der Waals surface area contributed by atoms with Crippen LogP contribution in [-0.4, -0.2) is 8.42 Å². The van der Waals surface area contributed by atoms with Gasteiger partial charge in [-0.15, -0.1) is 0 Å². The summed E-state index contributed by atoms with van der Waals surface area (Å²) in [5, 5.41) is 8.46. The van der Waals surface area contributed by atoms with E-state index in [-0.39, 0.29) is 10.9 Å². The van der Waals surface area contributed by atoms with Gasteiger partial charge < -0.3 is 5.32 Å². The van der Waals surface area contributed by atoms with Crippen LogP contribution in [0.4, 0.5) is 5.69 Å². The van der Waals surface area contributed by atoms with Gasteiger partial charge in [0.25, 0.3) is 0 Å². The zero-order valence-electron chi connectivity index (χ0n) is 10.9. The molecule has 1 unspecified atom stereocenters. The first kappa shape index (κ1) is 15.0. The van der Waals surface area contributed by atoms with Gasteiger partial charge in [-0.2, -0.15) is 0 Å². The van der Waals surface area contributed by atoms with Crippen molar-refractivity contribution in [2.45, 2.75) is 17.9 Å². The highest BCUT2D eigenvalue weighted by Crippen LogP contribution is 2.23. The molecular weight excluding hydrogens is 340 g/mol. The molecule has 1 atom stereocenters. The maximum Gasteiger partial charge on any atom is 0.238 e. The second-order valence-electron chi connectivity index (χ2n) is 4.49. The maximum absolute atomic E-state index is 11.4. The highest BCUT2D eigenvalue weighted by molar-refractivity contribution is 9.10. The molecule has 0 aliphatic rings. The Bertz CT molecular complexity index is 717. The minimum Gasteiger partial charge on any atom is -0.378 e. The number of primary sulfonamides is 1. The summed E-state index contributed by atoms with van der Waals surface area (Å²) in [5.74, 6) is 0. The lowest BCUT2D eigenvalue weighted by Crippen LogP contribution is -2.13. The average molecular weight is 355 g/mol. The number of rotatable bonds is 4. The molecule has 0 heterocycles. The molecule has 2 aromatic carbocycles. The number of sulfonamides is 1. The van der Waals surface area contributed by atoms with Crippen LogP contribution in [0.3, 0.4) is 0 Å². The van der Waals surface area contributed by atoms with Crippen LogP contribution >= 0.6 is 15.9 Å². The van der Waals surface area contributed by atoms with E-state index in [1.165, 1.54) is 6.07 Å². The zero-order chi connectivity index (χ0) is 14.8. The van der Waals surface area contributed by atoms with Crippen molar-refractivity contribution in [2.75, 3.05) is 5.32 Å². The van der Waals surface area contributed by atoms with E-state index in [2.05, 4.69) is 21.2 Å². The Morgan fingerprint density at radius 2 is 1.85 bits per heavy atom. The number of hydrogen-bond acceptors (Lipinski definition) is 3. The molecule has 106 valence electrons. The maximum atomic E-state index is 11.4. The number of hydrogen-bond donors (Lipinski definition) is 2. The number of anilines is 1. The van der Waals surface area contributed by atoms with Crippen LogP contribution in [0.5, 0.6) is 0 Å². The minimum absolute atomic E-state index is 0.0361. The predicted molar refractivity (Wildman–Crippen MR) is 84.0 cm³/mol. The molecule has 0 aliphatic carbocycles. The third-order valence-electron chi connectivity index (χ3n) is 2.89. The summed E-state index contributed by atoms with van der Waals surface area (Å²) in [4.78, 5) is 0.123. The van der Waals surface area contributed by atoms with Crippen molar-refractivity contribution in [3.63, 3.8) is 0 Å². The summed E-state index contributed by atoms with van der Waals surface area (Å²) in [6, 6.07) is 14.4. The van der Waals surface area contributed by atoms with Crippen LogP contribution in [0.2, 0.25) is 0 Å². The van der Waals surface area contributed by atoms with Gasteiger partial charge in [0.05, 0.1) is 4.90 Å². The third kappa shape index (κ3) is 3.82. The number of halogens is 1. The van der Waals surface area contributed by atoms with Gasteiger partial charge >= 0.3 is 0 Å². The van der Waals surface area contributed by atoms with E-state index in [4.69, 9.17) is 5.14 Å². The molecule has 20 heavy (non-hydrogen) atoms. The molecule has 0 aliphatic heterocycles. The van der Waals surface area contributed by atoms with Crippen molar-refractivity contribution < 1.29 is 8.42 Å². The predicted octanol–water partition coefficient (Wildman–Crippen LogP) is 3.27. The molecule has 2 rings (SSSR count). The molecule has 6 heteroatoms. The van der Waals surface area contributed by atoms with Gasteiger partial charge in [-0.25, -0.2) is 13.6 Å². The standard InChI is InChI=1S/C14H15BrN2O2S/c1-10(17-13-6-3-5-12(15)9-13)11-4-2-7-14(8-11)20(16,18)19/h2-10,17H,1H3,(H2,16,18,19). The highest BCUT2D eigenvalue weighted by Gasteiger charge is 2.11. The summed E-state index contributed by atoms with van der Waals surface area (Å²) in [6.45, 7) is 1.96. The Balaban J connectivity index is 2.23. The van der Waals surface area contributed by atoms with Gasteiger partial charge in [0.2, 0.25) is 10.0 Å². The van der Waals surface area contributed by atoms with Gasteiger partial charge in [0.15, 0.2) is 0 Å². The Morgan fingerprint density at radius 3 is 2.50 bits per heavy atom. The zero-order valence-corrected chi connectivity index (χ0v) is 13.3. The Labute approximate surface area is 127 Å². The number of nitrogens with one attached hydrogen (secondary N) is 1. The second kappa shape index (κ2) is 5.95. The number of benzene rings is 2. The van der Waals surface area contributed by atoms with Crippen LogP contribution in [0.25, 0.3) is 0 Å². The highest BCUT2D eigenvalue weighted by atomic mass is 79.9. The largest absolute Gasteiger partial charge is 0.378 e. The van der Waals surface area contributed by atoms with Gasteiger partial charge in [0, 0.05) is 16.2 Å². The molecule has 0 radical (unpaired) electrons. The molecular formula is C14H15BrN2O2S. The Hall–Kier alpha value is -1.37. The van der Waals surface area contributed by atoms with Crippen molar-refractivity contribution in [3.05, 3.63) is 58.6 Å². The SMILES string of the molecule is CC(Nc1cccc(Br)c1)c1cccc(S(N)(=O)=O)c1. The summed E-state index contributed by atoms with van der Waals surface area (Å²) in [6.07, 6.45) is 0. The van der Waals surface area contributed by atoms with Crippen LogP contribution in [0.1, 0.15) is 18.5 Å². The van der Waals surface area contributed by atoms with Crippen LogP contribution in [-0.2, 0) is 10.0 Å². The molecule has 2 aromatic rings. The van der Waals surface area contributed by atoms with E-state index in [1.807, 2.05) is 37.3 Å². The molecule has 0 fully saturated rings. The van der Waals surface area contributed by atoms with Gasteiger partial charge in [-0.3, -0.25) is 0 Å². The Kier molecular flexibility index (Phi) is 4.47. The second-order valence-corrected chi connectivity index (χ2v) is 6.97. The lowest BCUT2D eigenvalue weighted by atomic mass is 10.1. The van der Waals surface area contributed by atoms with Crippen molar-refractivity contribution >= 4 is 31.6 Å². The minimum atomic E-state index is -3.67. The average Bonchev–Trinajstić information content (AvgIpc) is 2.38. The smallest absolute Gasteiger partial charge is 0.238 e. The fraction of sp³-hybridized carbons (Fsp3) is 0.143. The molecule has 0 saturated heterocycles. The van der Waals surface area contributed by atoms with Gasteiger partial charge in [0.1, 0.15) is 0 Å². The van der Waals surface area contributed by atoms with E-state index in [9.17, 15) is 8.42 Å². The van der Waals surface area contributed by atoms with Crippen LogP contribution < -0.4 is 10.5 Å². The van der Waals surface area contributed by atoms with Crippen molar-refractivity contribution in [1.82, 2.24) is 0 Å². The lowest BCUT2D eigenvalue weighted by Gasteiger charge is -2.16. The first-order valence-electron chi connectivity index (χ1n) is 6.01. The summed E-state index contributed by atoms with van der Waals surface area (Å²) < 4.78 is 23.7. The molecule has 0 bridgehead atoms. The fourth-order valence-corrected chi connectivity index (χ4v) is 2.84. The molecule has 0 amide bonds. The van der Waals surface area contributed by atoms with E-state index >= 15 is 0 Å². The van der Waals surface area contributed by atoms with Crippen molar-refractivity contribution in [1.29, 1.82) is 0 Å². The van der Waals surface area contributed by atoms with Crippen LogP contribution in [0.15, 0.2) is 57.9 Å². The molecule has 0 spiro atoms. The van der Waals surface area contributed by atoms with E-state index < -0.39 is 10.0 Å². The summed E-state index contributed by atoms with van der Waals surface area (Å²) in [7, 11) is -3.67. The fourth-order valence-electron chi connectivity index (χ4n) is 1.87. The molecule has 0 aromatic heterocycles.